The van der Waals surface area contributed by atoms with Crippen molar-refractivity contribution in [3.8, 4) is 0 Å². The van der Waals surface area contributed by atoms with E-state index in [0.29, 0.717) is 12.6 Å². The number of benzene rings is 1. The van der Waals surface area contributed by atoms with Crippen LogP contribution in [0.25, 0.3) is 0 Å². The molecule has 0 amide bonds. The van der Waals surface area contributed by atoms with Crippen LogP contribution in [0.2, 0.25) is 0 Å². The number of hydrogen-bond acceptors (Lipinski definition) is 3. The average Bonchev–Trinajstić information content (AvgIpc) is 3.17. The summed E-state index contributed by atoms with van der Waals surface area (Å²) in [7, 11) is 0. The first-order valence-corrected chi connectivity index (χ1v) is 8.27. The van der Waals surface area contributed by atoms with Crippen molar-refractivity contribution in [1.29, 1.82) is 0 Å². The fraction of sp³-hybridized carbons (Fsp3) is 0.571. The molecule has 0 aromatic heterocycles. The van der Waals surface area contributed by atoms with Gasteiger partial charge in [-0.2, -0.15) is 0 Å². The topological polar surface area (TPSA) is 32.3 Å². The monoisotopic (exact) mass is 327 g/mol. The number of hydrogen-bond donors (Lipinski definition) is 2. The minimum absolute atomic E-state index is 0.191. The van der Waals surface area contributed by atoms with Crippen LogP contribution in [0.1, 0.15) is 30.9 Å². The lowest BCUT2D eigenvalue weighted by molar-refractivity contribution is 0.203. The molecule has 1 aromatic carbocycles. The minimum Gasteiger partial charge on any atom is -0.396 e. The van der Waals surface area contributed by atoms with Crippen LogP contribution in [0.5, 0.6) is 0 Å². The first-order valence-electron chi connectivity index (χ1n) is 6.49. The van der Waals surface area contributed by atoms with Crippen LogP contribution < -0.4 is 5.32 Å². The average molecular weight is 328 g/mol. The molecule has 2 nitrogen and oxygen atoms in total. The molecule has 1 aromatic rings. The van der Waals surface area contributed by atoms with Gasteiger partial charge in [-0.25, -0.2) is 0 Å². The third-order valence-corrected chi connectivity index (χ3v) is 5.64. The lowest BCUT2D eigenvalue weighted by Crippen LogP contribution is -2.31. The molecule has 3 rings (SSSR count). The standard InChI is InChI=1S/C14H18BrNOS/c15-10-1-2-13-11(7-10)12(3-6-18-13)16-8-14(9-17)4-5-14/h1-2,7,12,16-17H,3-6,8-9H2. The predicted molar refractivity (Wildman–Crippen MR) is 79.0 cm³/mol. The second-order valence-corrected chi connectivity index (χ2v) is 7.46. The van der Waals surface area contributed by atoms with Gasteiger partial charge < -0.3 is 10.4 Å². The molecule has 2 N–H and O–H groups in total. The molecule has 98 valence electrons. The zero-order chi connectivity index (χ0) is 12.6. The van der Waals surface area contributed by atoms with E-state index in [1.54, 1.807) is 0 Å². The Morgan fingerprint density at radius 1 is 1.44 bits per heavy atom. The van der Waals surface area contributed by atoms with Crippen LogP contribution in [0.15, 0.2) is 27.6 Å². The van der Waals surface area contributed by atoms with E-state index in [2.05, 4.69) is 39.4 Å². The van der Waals surface area contributed by atoms with Gasteiger partial charge in [-0.3, -0.25) is 0 Å². The highest BCUT2D eigenvalue weighted by atomic mass is 79.9. The Hall–Kier alpha value is -0.0300. The van der Waals surface area contributed by atoms with Gasteiger partial charge in [-0.15, -0.1) is 11.8 Å². The summed E-state index contributed by atoms with van der Waals surface area (Å²) < 4.78 is 1.15. The molecule has 18 heavy (non-hydrogen) atoms. The zero-order valence-corrected chi connectivity index (χ0v) is 12.7. The van der Waals surface area contributed by atoms with Crippen molar-refractivity contribution >= 4 is 27.7 Å². The molecule has 0 saturated heterocycles. The third kappa shape index (κ3) is 2.62. The summed E-state index contributed by atoms with van der Waals surface area (Å²) in [6, 6.07) is 7.00. The Bertz CT molecular complexity index is 447. The van der Waals surface area contributed by atoms with Crippen LogP contribution in [0.3, 0.4) is 0 Å². The second kappa shape index (κ2) is 5.16. The molecular formula is C14H18BrNOS. The normalized spacial score (nSPS) is 24.7. The number of aliphatic hydroxyl groups is 1. The van der Waals surface area contributed by atoms with Crippen LogP contribution >= 0.6 is 27.7 Å². The van der Waals surface area contributed by atoms with Crippen molar-refractivity contribution in [2.75, 3.05) is 18.9 Å². The van der Waals surface area contributed by atoms with Crippen LogP contribution in [-0.4, -0.2) is 24.0 Å². The molecule has 0 bridgehead atoms. The number of nitrogens with one attached hydrogen (secondary N) is 1. The molecule has 2 aliphatic rings. The molecule has 0 spiro atoms. The molecule has 1 aliphatic carbocycles. The Kier molecular flexibility index (Phi) is 3.72. The van der Waals surface area contributed by atoms with Gasteiger partial charge in [0, 0.05) is 34.0 Å². The summed E-state index contributed by atoms with van der Waals surface area (Å²) in [5, 5.41) is 13.0. The van der Waals surface area contributed by atoms with Gasteiger partial charge in [0.1, 0.15) is 0 Å². The van der Waals surface area contributed by atoms with E-state index in [0.717, 1.165) is 11.0 Å². The number of thioether (sulfide) groups is 1. The van der Waals surface area contributed by atoms with Crippen molar-refractivity contribution in [1.82, 2.24) is 5.32 Å². The van der Waals surface area contributed by atoms with Crippen LogP contribution in [0, 0.1) is 5.41 Å². The summed E-state index contributed by atoms with van der Waals surface area (Å²) in [4.78, 5) is 1.40. The highest BCUT2D eigenvalue weighted by molar-refractivity contribution is 9.10. The third-order valence-electron chi connectivity index (χ3n) is 4.03. The van der Waals surface area contributed by atoms with E-state index in [1.165, 1.54) is 35.5 Å². The Morgan fingerprint density at radius 2 is 2.28 bits per heavy atom. The highest BCUT2D eigenvalue weighted by Gasteiger charge is 2.42. The molecule has 1 atom stereocenters. The van der Waals surface area contributed by atoms with E-state index in [-0.39, 0.29) is 5.41 Å². The van der Waals surface area contributed by atoms with Crippen molar-refractivity contribution in [2.24, 2.45) is 5.41 Å². The fourth-order valence-electron chi connectivity index (χ4n) is 2.48. The Labute approximate surface area is 121 Å². The second-order valence-electron chi connectivity index (χ2n) is 5.41. The van der Waals surface area contributed by atoms with Crippen LogP contribution in [-0.2, 0) is 0 Å². The molecule has 1 aliphatic heterocycles. The molecule has 1 heterocycles. The van der Waals surface area contributed by atoms with E-state index < -0.39 is 0 Å². The lowest BCUT2D eigenvalue weighted by atomic mass is 10.0. The SMILES string of the molecule is OCC1(CNC2CCSc3ccc(Br)cc32)CC1. The van der Waals surface area contributed by atoms with Gasteiger partial charge >= 0.3 is 0 Å². The lowest BCUT2D eigenvalue weighted by Gasteiger charge is -2.28. The summed E-state index contributed by atoms with van der Waals surface area (Å²) in [6.45, 7) is 1.28. The fourth-order valence-corrected chi connectivity index (χ4v) is 3.97. The van der Waals surface area contributed by atoms with Gasteiger partial charge in [0.05, 0.1) is 0 Å². The van der Waals surface area contributed by atoms with Crippen molar-refractivity contribution in [3.63, 3.8) is 0 Å². The first-order chi connectivity index (χ1) is 8.72. The van der Waals surface area contributed by atoms with Crippen molar-refractivity contribution in [2.45, 2.75) is 30.2 Å². The van der Waals surface area contributed by atoms with E-state index in [9.17, 15) is 5.11 Å². The largest absolute Gasteiger partial charge is 0.396 e. The summed E-state index contributed by atoms with van der Waals surface area (Å²) in [5.41, 5.74) is 1.60. The molecule has 0 radical (unpaired) electrons. The van der Waals surface area contributed by atoms with Gasteiger partial charge in [-0.1, -0.05) is 15.9 Å². The maximum atomic E-state index is 9.37. The van der Waals surface area contributed by atoms with Crippen molar-refractivity contribution in [3.05, 3.63) is 28.2 Å². The Balaban J connectivity index is 1.72. The molecular weight excluding hydrogens is 310 g/mol. The minimum atomic E-state index is 0.191. The number of fused-ring (bicyclic) bond motifs is 1. The molecule has 1 fully saturated rings. The molecule has 1 saturated carbocycles. The smallest absolute Gasteiger partial charge is 0.0499 e. The van der Waals surface area contributed by atoms with Crippen molar-refractivity contribution < 1.29 is 5.11 Å². The number of aliphatic hydroxyl groups excluding tert-OH is 1. The first kappa shape index (κ1) is 13.0. The van der Waals surface area contributed by atoms with Gasteiger partial charge in [-0.05, 0) is 48.8 Å². The quantitative estimate of drug-likeness (QED) is 0.889. The highest BCUT2D eigenvalue weighted by Crippen LogP contribution is 2.45. The Morgan fingerprint density at radius 3 is 3.00 bits per heavy atom. The van der Waals surface area contributed by atoms with Gasteiger partial charge in [0.2, 0.25) is 0 Å². The molecule has 4 heteroatoms. The maximum absolute atomic E-state index is 9.37. The summed E-state index contributed by atoms with van der Waals surface area (Å²) >= 11 is 5.50. The van der Waals surface area contributed by atoms with E-state index >= 15 is 0 Å². The molecule has 1 unspecified atom stereocenters. The van der Waals surface area contributed by atoms with E-state index in [1.807, 2.05) is 11.8 Å². The zero-order valence-electron chi connectivity index (χ0n) is 10.3. The van der Waals surface area contributed by atoms with Crippen LogP contribution in [0.4, 0.5) is 0 Å². The maximum Gasteiger partial charge on any atom is 0.0499 e. The predicted octanol–water partition coefficient (Wildman–Crippen LogP) is 3.35. The number of rotatable bonds is 4. The van der Waals surface area contributed by atoms with Gasteiger partial charge in [0.15, 0.2) is 0 Å². The summed E-state index contributed by atoms with van der Waals surface area (Å²) in [5.74, 6) is 1.18. The summed E-state index contributed by atoms with van der Waals surface area (Å²) in [6.07, 6.45) is 3.52. The number of halogens is 1. The van der Waals surface area contributed by atoms with E-state index in [4.69, 9.17) is 0 Å². The van der Waals surface area contributed by atoms with Gasteiger partial charge in [0.25, 0.3) is 0 Å².